The van der Waals surface area contributed by atoms with Gasteiger partial charge in [-0.1, -0.05) is 17.7 Å². The monoisotopic (exact) mass is 444 g/mol. The van der Waals surface area contributed by atoms with Gasteiger partial charge in [-0.3, -0.25) is 4.79 Å². The average Bonchev–Trinajstić information content (AvgIpc) is 2.70. The molecule has 0 atom stereocenters. The number of rotatable bonds is 7. The van der Waals surface area contributed by atoms with E-state index in [4.69, 9.17) is 28.6 Å². The van der Waals surface area contributed by atoms with E-state index in [-0.39, 0.29) is 5.56 Å². The van der Waals surface area contributed by atoms with Gasteiger partial charge in [-0.15, -0.1) is 0 Å². The van der Waals surface area contributed by atoms with Crippen molar-refractivity contribution in [1.29, 1.82) is 0 Å². The minimum atomic E-state index is -0.131. The summed E-state index contributed by atoms with van der Waals surface area (Å²) in [6, 6.07) is 14.8. The predicted octanol–water partition coefficient (Wildman–Crippen LogP) is 3.95. The molecule has 0 aliphatic rings. The summed E-state index contributed by atoms with van der Waals surface area (Å²) < 4.78 is 5.30. The summed E-state index contributed by atoms with van der Waals surface area (Å²) in [6.07, 6.45) is 0. The van der Waals surface area contributed by atoms with E-state index in [1.165, 1.54) is 0 Å². The summed E-state index contributed by atoms with van der Waals surface area (Å²) >= 11 is 11.7. The molecule has 30 heavy (non-hydrogen) atoms. The van der Waals surface area contributed by atoms with E-state index >= 15 is 0 Å². The number of nitrogens with zero attached hydrogens (tertiary/aromatic N) is 2. The van der Waals surface area contributed by atoms with E-state index in [0.717, 1.165) is 28.9 Å². The number of fused-ring (bicyclic) bond motifs is 1. The van der Waals surface area contributed by atoms with E-state index < -0.39 is 0 Å². The fourth-order valence-electron chi connectivity index (χ4n) is 3.02. The first kappa shape index (κ1) is 22.1. The number of aromatic nitrogens is 1. The van der Waals surface area contributed by atoms with Gasteiger partial charge in [0, 0.05) is 40.3 Å². The van der Waals surface area contributed by atoms with Crippen LogP contribution >= 0.6 is 23.8 Å². The maximum Gasteiger partial charge on any atom is 0.253 e. The first-order valence-corrected chi connectivity index (χ1v) is 10.3. The number of methoxy groups -OCH3 is 1. The number of nitrogens with one attached hydrogen (secondary N) is 2. The van der Waals surface area contributed by atoms with Crippen molar-refractivity contribution in [3.05, 3.63) is 69.5 Å². The number of anilines is 1. The molecule has 8 heteroatoms. The SMILES string of the molecule is COc1ccc2[nH]c(=O)c(CN(CCN(C)C)C(=S)Nc3cccc(Cl)c3)cc2c1. The Morgan fingerprint density at radius 2 is 1.97 bits per heavy atom. The highest BCUT2D eigenvalue weighted by Crippen LogP contribution is 2.20. The lowest BCUT2D eigenvalue weighted by molar-refractivity contribution is 0.327. The van der Waals surface area contributed by atoms with Crippen molar-refractivity contribution in [3.8, 4) is 5.75 Å². The lowest BCUT2D eigenvalue weighted by atomic mass is 10.1. The molecule has 158 valence electrons. The molecule has 0 fully saturated rings. The Labute approximate surface area is 186 Å². The fraction of sp³-hybridized carbons (Fsp3) is 0.273. The van der Waals surface area contributed by atoms with Gasteiger partial charge in [0.2, 0.25) is 0 Å². The number of pyridine rings is 1. The highest BCUT2D eigenvalue weighted by molar-refractivity contribution is 7.80. The molecule has 2 N–H and O–H groups in total. The van der Waals surface area contributed by atoms with Crippen LogP contribution in [-0.2, 0) is 6.54 Å². The molecule has 0 saturated carbocycles. The van der Waals surface area contributed by atoms with Gasteiger partial charge < -0.3 is 24.8 Å². The van der Waals surface area contributed by atoms with Crippen LogP contribution < -0.4 is 15.6 Å². The molecule has 1 heterocycles. The molecule has 6 nitrogen and oxygen atoms in total. The third kappa shape index (κ3) is 5.72. The van der Waals surface area contributed by atoms with E-state index in [1.807, 2.05) is 67.5 Å². The molecule has 0 aliphatic heterocycles. The second-order valence-corrected chi connectivity index (χ2v) is 8.07. The molecular formula is C22H25ClN4O2S. The Hall–Kier alpha value is -2.61. The van der Waals surface area contributed by atoms with Crippen LogP contribution in [0, 0.1) is 0 Å². The molecule has 2 aromatic carbocycles. The van der Waals surface area contributed by atoms with E-state index in [1.54, 1.807) is 7.11 Å². The van der Waals surface area contributed by atoms with E-state index in [0.29, 0.717) is 28.8 Å². The highest BCUT2D eigenvalue weighted by atomic mass is 35.5. The van der Waals surface area contributed by atoms with Crippen molar-refractivity contribution >= 4 is 45.5 Å². The average molecular weight is 445 g/mol. The number of hydrogen-bond donors (Lipinski definition) is 2. The van der Waals surface area contributed by atoms with Crippen molar-refractivity contribution in [2.45, 2.75) is 6.54 Å². The van der Waals surface area contributed by atoms with Gasteiger partial charge in [0.25, 0.3) is 5.56 Å². The van der Waals surface area contributed by atoms with E-state index in [9.17, 15) is 4.79 Å². The first-order valence-electron chi connectivity index (χ1n) is 9.52. The van der Waals surface area contributed by atoms with Crippen LogP contribution in [0.4, 0.5) is 5.69 Å². The minimum absolute atomic E-state index is 0.131. The molecular weight excluding hydrogens is 420 g/mol. The Kier molecular flexibility index (Phi) is 7.31. The Balaban J connectivity index is 1.87. The molecule has 0 bridgehead atoms. The zero-order chi connectivity index (χ0) is 21.7. The van der Waals surface area contributed by atoms with Gasteiger partial charge in [0.1, 0.15) is 5.75 Å². The van der Waals surface area contributed by atoms with Crippen molar-refractivity contribution in [2.75, 3.05) is 39.6 Å². The normalized spacial score (nSPS) is 11.0. The number of hydrogen-bond acceptors (Lipinski definition) is 4. The lowest BCUT2D eigenvalue weighted by Crippen LogP contribution is -2.40. The topological polar surface area (TPSA) is 60.6 Å². The second kappa shape index (κ2) is 9.93. The van der Waals surface area contributed by atoms with Crippen molar-refractivity contribution in [3.63, 3.8) is 0 Å². The van der Waals surface area contributed by atoms with Gasteiger partial charge >= 0.3 is 0 Å². The Bertz CT molecular complexity index is 1100. The van der Waals surface area contributed by atoms with Crippen LogP contribution in [0.3, 0.4) is 0 Å². The van der Waals surface area contributed by atoms with Crippen LogP contribution in [0.1, 0.15) is 5.56 Å². The van der Waals surface area contributed by atoms with Crippen LogP contribution in [0.2, 0.25) is 5.02 Å². The third-order valence-electron chi connectivity index (χ3n) is 4.67. The minimum Gasteiger partial charge on any atom is -0.497 e. The molecule has 0 amide bonds. The molecule has 0 radical (unpaired) electrons. The number of ether oxygens (including phenoxy) is 1. The van der Waals surface area contributed by atoms with Crippen LogP contribution in [0.5, 0.6) is 5.75 Å². The second-order valence-electron chi connectivity index (χ2n) is 7.24. The maximum absolute atomic E-state index is 12.7. The fourth-order valence-corrected chi connectivity index (χ4v) is 3.49. The van der Waals surface area contributed by atoms with Gasteiger partial charge in [-0.25, -0.2) is 0 Å². The van der Waals surface area contributed by atoms with Gasteiger partial charge in [-0.05, 0) is 68.8 Å². The van der Waals surface area contributed by atoms with Crippen LogP contribution in [0.15, 0.2) is 53.3 Å². The quantitative estimate of drug-likeness (QED) is 0.538. The number of likely N-dealkylation sites (N-methyl/N-ethyl adjacent to an activating group) is 1. The van der Waals surface area contributed by atoms with Crippen molar-refractivity contribution < 1.29 is 4.74 Å². The molecule has 1 aromatic heterocycles. The number of benzene rings is 2. The summed E-state index contributed by atoms with van der Waals surface area (Å²) in [5.41, 5.74) is 2.07. The summed E-state index contributed by atoms with van der Waals surface area (Å²) in [5, 5.41) is 5.29. The third-order valence-corrected chi connectivity index (χ3v) is 5.27. The van der Waals surface area contributed by atoms with Crippen molar-refractivity contribution in [2.24, 2.45) is 0 Å². The van der Waals surface area contributed by atoms with Crippen LogP contribution in [-0.4, -0.2) is 54.2 Å². The Morgan fingerprint density at radius 1 is 1.17 bits per heavy atom. The highest BCUT2D eigenvalue weighted by Gasteiger charge is 2.14. The molecule has 0 unspecified atom stereocenters. The molecule has 0 aliphatic carbocycles. The summed E-state index contributed by atoms with van der Waals surface area (Å²) in [5.74, 6) is 0.739. The number of thiocarbonyl (C=S) groups is 1. The van der Waals surface area contributed by atoms with Gasteiger partial charge in [0.15, 0.2) is 5.11 Å². The zero-order valence-electron chi connectivity index (χ0n) is 17.2. The Morgan fingerprint density at radius 3 is 2.67 bits per heavy atom. The predicted molar refractivity (Wildman–Crippen MR) is 128 cm³/mol. The standard InChI is InChI=1S/C22H25ClN4O2S/c1-26(2)9-10-27(22(30)24-18-6-4-5-17(23)13-18)14-16-11-15-12-19(29-3)7-8-20(15)25-21(16)28/h4-8,11-13H,9-10,14H2,1-3H3,(H,24,30)(H,25,28). The number of aromatic amines is 1. The zero-order valence-corrected chi connectivity index (χ0v) is 18.8. The molecule has 3 rings (SSSR count). The number of H-pyrrole nitrogens is 1. The summed E-state index contributed by atoms with van der Waals surface area (Å²) in [4.78, 5) is 19.7. The lowest BCUT2D eigenvalue weighted by Gasteiger charge is -2.27. The molecule has 0 saturated heterocycles. The smallest absolute Gasteiger partial charge is 0.253 e. The first-order chi connectivity index (χ1) is 14.4. The number of halogens is 1. The summed E-state index contributed by atoms with van der Waals surface area (Å²) in [6.45, 7) is 1.83. The molecule has 3 aromatic rings. The molecule has 0 spiro atoms. The largest absolute Gasteiger partial charge is 0.497 e. The van der Waals surface area contributed by atoms with Gasteiger partial charge in [0.05, 0.1) is 13.7 Å². The van der Waals surface area contributed by atoms with E-state index in [2.05, 4.69) is 15.2 Å². The van der Waals surface area contributed by atoms with Crippen LogP contribution in [0.25, 0.3) is 10.9 Å². The summed E-state index contributed by atoms with van der Waals surface area (Å²) in [7, 11) is 5.62. The maximum atomic E-state index is 12.7. The van der Waals surface area contributed by atoms with Gasteiger partial charge in [-0.2, -0.15) is 0 Å². The van der Waals surface area contributed by atoms with Crippen molar-refractivity contribution in [1.82, 2.24) is 14.8 Å².